The molecule has 0 spiro atoms. The molecule has 1 amide bonds. The van der Waals surface area contributed by atoms with E-state index in [4.69, 9.17) is 5.73 Å². The van der Waals surface area contributed by atoms with Gasteiger partial charge in [0.25, 0.3) is 5.91 Å². The first-order chi connectivity index (χ1) is 10.1. The van der Waals surface area contributed by atoms with Gasteiger partial charge in [-0.2, -0.15) is 5.26 Å². The van der Waals surface area contributed by atoms with Crippen molar-refractivity contribution in [2.24, 2.45) is 0 Å². The molecule has 21 heavy (non-hydrogen) atoms. The fourth-order valence-electron chi connectivity index (χ4n) is 1.75. The summed E-state index contributed by atoms with van der Waals surface area (Å²) in [5, 5.41) is 15.5. The Morgan fingerprint density at radius 2 is 2.24 bits per heavy atom. The van der Waals surface area contributed by atoms with Gasteiger partial charge in [0.1, 0.15) is 21.5 Å². The van der Waals surface area contributed by atoms with Crippen LogP contribution in [0.15, 0.2) is 15.9 Å². The maximum atomic E-state index is 11.7. The number of nitrogen functional groups attached to an aromatic ring is 1. The average molecular weight is 385 g/mol. The summed E-state index contributed by atoms with van der Waals surface area (Å²) in [5.41, 5.74) is 6.44. The van der Waals surface area contributed by atoms with Gasteiger partial charge in [0.2, 0.25) is 0 Å². The van der Waals surface area contributed by atoms with Gasteiger partial charge in [-0.25, -0.2) is 0 Å². The van der Waals surface area contributed by atoms with E-state index in [-0.39, 0.29) is 11.6 Å². The number of nitrogens with two attached hydrogens (primary N) is 1. The molecule has 2 heterocycles. The number of halogens is 1. The molecule has 0 aliphatic carbocycles. The number of nitriles is 1. The number of carbonyl (C=O) groups excluding carboxylic acids is 1. The molecule has 0 bridgehead atoms. The van der Waals surface area contributed by atoms with Crippen LogP contribution in [0.5, 0.6) is 0 Å². The number of amides is 1. The molecule has 0 saturated carbocycles. The minimum Gasteiger partial charge on any atom is -0.396 e. The van der Waals surface area contributed by atoms with E-state index >= 15 is 0 Å². The van der Waals surface area contributed by atoms with Crippen molar-refractivity contribution in [2.75, 3.05) is 24.6 Å². The molecular formula is C13H13BrN4OS2. The van der Waals surface area contributed by atoms with Gasteiger partial charge in [0, 0.05) is 18.5 Å². The van der Waals surface area contributed by atoms with Crippen LogP contribution < -0.4 is 16.4 Å². The third kappa shape index (κ3) is 3.56. The Balaban J connectivity index is 2.09. The quantitative estimate of drug-likeness (QED) is 0.738. The minimum absolute atomic E-state index is 0.239. The molecular weight excluding hydrogens is 372 g/mol. The Morgan fingerprint density at radius 1 is 1.48 bits per heavy atom. The monoisotopic (exact) mass is 384 g/mol. The molecule has 2 aromatic rings. The number of anilines is 2. The van der Waals surface area contributed by atoms with Crippen molar-refractivity contribution in [3.63, 3.8) is 0 Å². The lowest BCUT2D eigenvalue weighted by Crippen LogP contribution is -2.17. The fourth-order valence-corrected chi connectivity index (χ4v) is 4.27. The van der Waals surface area contributed by atoms with Gasteiger partial charge >= 0.3 is 0 Å². The summed E-state index contributed by atoms with van der Waals surface area (Å²) in [6, 6.07) is 6.12. The van der Waals surface area contributed by atoms with Crippen molar-refractivity contribution < 1.29 is 4.79 Å². The van der Waals surface area contributed by atoms with Gasteiger partial charge in [-0.3, -0.25) is 4.79 Å². The second kappa shape index (κ2) is 6.93. The van der Waals surface area contributed by atoms with E-state index in [1.165, 1.54) is 23.3 Å². The lowest BCUT2D eigenvalue weighted by atomic mass is 10.2. The van der Waals surface area contributed by atoms with Crippen LogP contribution in [-0.4, -0.2) is 19.5 Å². The highest BCUT2D eigenvalue weighted by molar-refractivity contribution is 9.11. The number of nitrogens with zero attached hydrogens (tertiary/aromatic N) is 1. The summed E-state index contributed by atoms with van der Waals surface area (Å²) in [5.74, 6) is -0.274. The Labute approximate surface area is 138 Å². The maximum absolute atomic E-state index is 11.7. The first-order valence-corrected chi connectivity index (χ1v) is 8.52. The van der Waals surface area contributed by atoms with Gasteiger partial charge in [-0.15, -0.1) is 22.7 Å². The van der Waals surface area contributed by atoms with Crippen molar-refractivity contribution in [2.45, 2.75) is 6.42 Å². The van der Waals surface area contributed by atoms with Gasteiger partial charge in [-0.05, 0) is 34.5 Å². The second-order valence-corrected chi connectivity index (χ2v) is 7.69. The van der Waals surface area contributed by atoms with Crippen LogP contribution in [0.4, 0.5) is 10.7 Å². The molecule has 0 fully saturated rings. The zero-order chi connectivity index (χ0) is 15.4. The number of nitrogens with one attached hydrogen (secondary N) is 2. The van der Waals surface area contributed by atoms with Crippen LogP contribution in [0.2, 0.25) is 0 Å². The topological polar surface area (TPSA) is 90.9 Å². The number of rotatable bonds is 5. The molecule has 0 saturated heterocycles. The molecule has 0 aliphatic heterocycles. The van der Waals surface area contributed by atoms with Crippen molar-refractivity contribution in [1.29, 1.82) is 5.26 Å². The molecule has 0 atom stereocenters. The second-order valence-electron chi connectivity index (χ2n) is 4.12. The SMILES string of the molecule is CNC(=O)c1sc(NCCc2ccc(Br)s2)c(C#N)c1N. The van der Waals surface area contributed by atoms with E-state index in [0.717, 1.165) is 10.2 Å². The van der Waals surface area contributed by atoms with Crippen molar-refractivity contribution in [3.05, 3.63) is 31.2 Å². The highest BCUT2D eigenvalue weighted by Crippen LogP contribution is 2.35. The lowest BCUT2D eigenvalue weighted by molar-refractivity contribution is 0.0968. The summed E-state index contributed by atoms with van der Waals surface area (Å²) >= 11 is 6.31. The zero-order valence-electron chi connectivity index (χ0n) is 11.2. The largest absolute Gasteiger partial charge is 0.396 e. The molecule has 2 aromatic heterocycles. The van der Waals surface area contributed by atoms with E-state index in [2.05, 4.69) is 38.7 Å². The molecule has 2 rings (SSSR count). The van der Waals surface area contributed by atoms with E-state index in [1.54, 1.807) is 11.3 Å². The molecule has 4 N–H and O–H groups in total. The number of hydrogen-bond acceptors (Lipinski definition) is 6. The zero-order valence-corrected chi connectivity index (χ0v) is 14.4. The summed E-state index contributed by atoms with van der Waals surface area (Å²) in [6.07, 6.45) is 0.842. The van der Waals surface area contributed by atoms with Gasteiger partial charge in [-0.1, -0.05) is 0 Å². The Kier molecular flexibility index (Phi) is 5.22. The predicted molar refractivity (Wildman–Crippen MR) is 91.0 cm³/mol. The Hall–Kier alpha value is -1.56. The van der Waals surface area contributed by atoms with E-state index in [0.29, 0.717) is 22.0 Å². The van der Waals surface area contributed by atoms with Crippen LogP contribution in [-0.2, 0) is 6.42 Å². The summed E-state index contributed by atoms with van der Waals surface area (Å²) in [4.78, 5) is 13.3. The smallest absolute Gasteiger partial charge is 0.263 e. The molecule has 110 valence electrons. The summed E-state index contributed by atoms with van der Waals surface area (Å²) in [6.45, 7) is 0.675. The number of thiophene rings is 2. The normalized spacial score (nSPS) is 10.1. The molecule has 0 aromatic carbocycles. The van der Waals surface area contributed by atoms with Gasteiger partial charge in [0.15, 0.2) is 0 Å². The molecule has 0 radical (unpaired) electrons. The van der Waals surface area contributed by atoms with E-state index in [9.17, 15) is 10.1 Å². The van der Waals surface area contributed by atoms with Crippen molar-refractivity contribution in [3.8, 4) is 6.07 Å². The van der Waals surface area contributed by atoms with E-state index < -0.39 is 0 Å². The number of carbonyl (C=O) groups is 1. The maximum Gasteiger partial charge on any atom is 0.263 e. The average Bonchev–Trinajstić information content (AvgIpc) is 3.02. The first-order valence-electron chi connectivity index (χ1n) is 6.09. The lowest BCUT2D eigenvalue weighted by Gasteiger charge is -2.02. The standard InChI is InChI=1S/C13H13BrN4OS2/c1-17-12(19)11-10(16)8(6-15)13(21-11)18-5-4-7-2-3-9(14)20-7/h2-3,18H,4-5,16H2,1H3,(H,17,19). The van der Waals surface area contributed by atoms with E-state index in [1.807, 2.05) is 6.07 Å². The van der Waals surface area contributed by atoms with Gasteiger partial charge < -0.3 is 16.4 Å². The van der Waals surface area contributed by atoms with Crippen LogP contribution in [0.25, 0.3) is 0 Å². The third-order valence-electron chi connectivity index (χ3n) is 2.78. The van der Waals surface area contributed by atoms with Gasteiger partial charge in [0.05, 0.1) is 9.47 Å². The van der Waals surface area contributed by atoms with Crippen LogP contribution in [0.1, 0.15) is 20.1 Å². The minimum atomic E-state index is -0.274. The molecule has 0 aliphatic rings. The Bertz CT molecular complexity index is 702. The summed E-state index contributed by atoms with van der Waals surface area (Å²) in [7, 11) is 1.54. The summed E-state index contributed by atoms with van der Waals surface area (Å²) < 4.78 is 1.09. The van der Waals surface area contributed by atoms with Crippen molar-refractivity contribution >= 4 is 55.2 Å². The third-order valence-corrected chi connectivity index (χ3v) is 5.62. The molecule has 0 unspecified atom stereocenters. The highest BCUT2D eigenvalue weighted by atomic mass is 79.9. The fraction of sp³-hybridized carbons (Fsp3) is 0.231. The highest BCUT2D eigenvalue weighted by Gasteiger charge is 2.20. The molecule has 5 nitrogen and oxygen atoms in total. The van der Waals surface area contributed by atoms with Crippen LogP contribution in [0, 0.1) is 11.3 Å². The van der Waals surface area contributed by atoms with Crippen LogP contribution in [0.3, 0.4) is 0 Å². The predicted octanol–water partition coefficient (Wildman–Crippen LogP) is 3.04. The first kappa shape index (κ1) is 15.8. The van der Waals surface area contributed by atoms with Crippen molar-refractivity contribution in [1.82, 2.24) is 5.32 Å². The number of hydrogen-bond donors (Lipinski definition) is 3. The Morgan fingerprint density at radius 3 is 2.81 bits per heavy atom. The van der Waals surface area contributed by atoms with Crippen LogP contribution >= 0.6 is 38.6 Å². The molecule has 8 heteroatoms.